The minimum absolute atomic E-state index is 0.247. The van der Waals surface area contributed by atoms with Gasteiger partial charge in [0.2, 0.25) is 0 Å². The van der Waals surface area contributed by atoms with Gasteiger partial charge in [-0.15, -0.1) is 11.8 Å². The zero-order valence-electron chi connectivity index (χ0n) is 14.9. The number of carbonyl (C=O) groups excluding carboxylic acids is 2. The zero-order chi connectivity index (χ0) is 19.2. The Bertz CT molecular complexity index is 829. The molecule has 0 aromatic heterocycles. The van der Waals surface area contributed by atoms with Gasteiger partial charge < -0.3 is 14.4 Å². The van der Waals surface area contributed by atoms with Crippen molar-refractivity contribution in [3.05, 3.63) is 53.6 Å². The first-order valence-electron chi connectivity index (χ1n) is 8.63. The molecule has 1 amide bonds. The number of halogens is 1. The van der Waals surface area contributed by atoms with E-state index >= 15 is 0 Å². The monoisotopic (exact) mass is 405 g/mol. The van der Waals surface area contributed by atoms with Gasteiger partial charge in [0.25, 0.3) is 5.91 Å². The molecule has 1 aliphatic heterocycles. The van der Waals surface area contributed by atoms with Crippen LogP contribution in [0, 0.1) is 0 Å². The molecule has 1 aliphatic rings. The predicted octanol–water partition coefficient (Wildman–Crippen LogP) is 4.18. The van der Waals surface area contributed by atoms with Crippen molar-refractivity contribution >= 4 is 40.9 Å². The summed E-state index contributed by atoms with van der Waals surface area (Å²) in [5, 5.41) is 0.824. The number of esters is 1. The summed E-state index contributed by atoms with van der Waals surface area (Å²) in [5.74, 6) is -0.465. The first kappa shape index (κ1) is 19.6. The van der Waals surface area contributed by atoms with E-state index in [2.05, 4.69) is 6.92 Å². The summed E-state index contributed by atoms with van der Waals surface area (Å²) in [6.07, 6.45) is 0.870. The number of anilines is 1. The molecule has 0 saturated heterocycles. The van der Waals surface area contributed by atoms with Gasteiger partial charge in [0.1, 0.15) is 5.75 Å². The number of fused-ring (bicyclic) bond motifs is 1. The Morgan fingerprint density at radius 1 is 1.15 bits per heavy atom. The van der Waals surface area contributed by atoms with Crippen LogP contribution >= 0.6 is 23.4 Å². The van der Waals surface area contributed by atoms with E-state index < -0.39 is 5.97 Å². The first-order valence-corrected chi connectivity index (χ1v) is 9.89. The fraction of sp³-hybridized carbons (Fsp3) is 0.300. The molecule has 0 unspecified atom stereocenters. The number of nitrogens with zero attached hydrogens (tertiary/aromatic N) is 1. The van der Waals surface area contributed by atoms with Crippen LogP contribution in [0.1, 0.15) is 13.3 Å². The van der Waals surface area contributed by atoms with Crippen LogP contribution in [0.15, 0.2) is 53.4 Å². The van der Waals surface area contributed by atoms with Crippen molar-refractivity contribution in [3.63, 3.8) is 0 Å². The lowest BCUT2D eigenvalue weighted by Crippen LogP contribution is -2.36. The molecule has 142 valence electrons. The summed E-state index contributed by atoms with van der Waals surface area (Å²) in [6.45, 7) is 2.11. The normalized spacial score (nSPS) is 16.2. The maximum absolute atomic E-state index is 12.6. The molecule has 0 saturated carbocycles. The molecule has 0 fully saturated rings. The van der Waals surface area contributed by atoms with Gasteiger partial charge in [0, 0.05) is 16.7 Å². The second-order valence-corrected chi connectivity index (χ2v) is 8.00. The molecule has 3 rings (SSSR count). The fourth-order valence-electron chi connectivity index (χ4n) is 2.71. The molecule has 0 aliphatic carbocycles. The molecular formula is C20H20ClNO4S. The second kappa shape index (κ2) is 9.15. The van der Waals surface area contributed by atoms with E-state index in [9.17, 15) is 9.59 Å². The van der Waals surface area contributed by atoms with Crippen LogP contribution in [-0.2, 0) is 14.3 Å². The summed E-state index contributed by atoms with van der Waals surface area (Å²) < 4.78 is 10.4. The number of hydrogen-bond donors (Lipinski definition) is 0. The predicted molar refractivity (Wildman–Crippen MR) is 107 cm³/mol. The molecular weight excluding hydrogens is 386 g/mol. The minimum Gasteiger partial charge on any atom is -0.480 e. The number of carbonyl (C=O) groups is 2. The van der Waals surface area contributed by atoms with Crippen molar-refractivity contribution in [2.45, 2.75) is 23.5 Å². The lowest BCUT2D eigenvalue weighted by Gasteiger charge is -2.22. The van der Waals surface area contributed by atoms with Gasteiger partial charge in [-0.25, -0.2) is 4.79 Å². The number of benzene rings is 2. The molecule has 0 bridgehead atoms. The topological polar surface area (TPSA) is 55.8 Å². The van der Waals surface area contributed by atoms with Crippen LogP contribution in [0.4, 0.5) is 5.69 Å². The quantitative estimate of drug-likeness (QED) is 0.698. The highest BCUT2D eigenvalue weighted by molar-refractivity contribution is 8.00. The van der Waals surface area contributed by atoms with E-state index in [0.717, 1.165) is 17.0 Å². The number of para-hydroxylation sites is 2. The van der Waals surface area contributed by atoms with E-state index in [1.165, 1.54) is 0 Å². The van der Waals surface area contributed by atoms with Gasteiger partial charge in [0.05, 0.1) is 10.7 Å². The van der Waals surface area contributed by atoms with Crippen LogP contribution in [0.5, 0.6) is 5.75 Å². The van der Waals surface area contributed by atoms with E-state index in [0.29, 0.717) is 22.6 Å². The number of hydrogen-bond acceptors (Lipinski definition) is 5. The summed E-state index contributed by atoms with van der Waals surface area (Å²) in [7, 11) is 0. The van der Waals surface area contributed by atoms with Crippen molar-refractivity contribution in [1.82, 2.24) is 0 Å². The first-order chi connectivity index (χ1) is 13.0. The van der Waals surface area contributed by atoms with E-state index in [1.54, 1.807) is 40.9 Å². The summed E-state index contributed by atoms with van der Waals surface area (Å²) in [5.41, 5.74) is 0.861. The summed E-state index contributed by atoms with van der Waals surface area (Å²) >= 11 is 7.72. The van der Waals surface area contributed by atoms with Crippen molar-refractivity contribution < 1.29 is 19.1 Å². The lowest BCUT2D eigenvalue weighted by atomic mass is 10.2. The average molecular weight is 406 g/mol. The zero-order valence-corrected chi connectivity index (χ0v) is 16.5. The molecule has 1 atom stereocenters. The third-order valence-corrected chi connectivity index (χ3v) is 5.63. The fourth-order valence-corrected chi connectivity index (χ4v) is 4.01. The Morgan fingerprint density at radius 2 is 1.89 bits per heavy atom. The summed E-state index contributed by atoms with van der Waals surface area (Å²) in [6, 6.07) is 14.6. The highest BCUT2D eigenvalue weighted by Gasteiger charge is 2.24. The lowest BCUT2D eigenvalue weighted by molar-refractivity contribution is -0.149. The van der Waals surface area contributed by atoms with Gasteiger partial charge in [0.15, 0.2) is 13.2 Å². The third kappa shape index (κ3) is 5.17. The largest absolute Gasteiger partial charge is 0.480 e. The van der Waals surface area contributed by atoms with E-state index in [1.807, 2.05) is 24.3 Å². The smallest absolute Gasteiger partial charge is 0.344 e. The molecule has 0 N–H and O–H groups in total. The SMILES string of the molecule is C[C@@H]1CCN(C(=O)COC(=O)COc2ccccc2Cl)c2ccccc2S1. The van der Waals surface area contributed by atoms with Crippen LogP contribution in [0.2, 0.25) is 5.02 Å². The minimum atomic E-state index is -0.617. The van der Waals surface area contributed by atoms with Gasteiger partial charge in [-0.2, -0.15) is 0 Å². The molecule has 2 aromatic carbocycles. The molecule has 0 spiro atoms. The summed E-state index contributed by atoms with van der Waals surface area (Å²) in [4.78, 5) is 27.3. The molecule has 27 heavy (non-hydrogen) atoms. The van der Waals surface area contributed by atoms with E-state index in [-0.39, 0.29) is 19.1 Å². The average Bonchev–Trinajstić information content (AvgIpc) is 2.83. The molecule has 5 nitrogen and oxygen atoms in total. The maximum Gasteiger partial charge on any atom is 0.344 e. The van der Waals surface area contributed by atoms with Crippen molar-refractivity contribution in [1.29, 1.82) is 0 Å². The Hall–Kier alpha value is -2.18. The van der Waals surface area contributed by atoms with E-state index in [4.69, 9.17) is 21.1 Å². The van der Waals surface area contributed by atoms with Gasteiger partial charge in [-0.3, -0.25) is 4.79 Å². The van der Waals surface area contributed by atoms with Crippen molar-refractivity contribution in [3.8, 4) is 5.75 Å². The molecule has 0 radical (unpaired) electrons. The number of amides is 1. The van der Waals surface area contributed by atoms with Crippen LogP contribution < -0.4 is 9.64 Å². The number of rotatable bonds is 5. The highest BCUT2D eigenvalue weighted by Crippen LogP contribution is 2.37. The highest BCUT2D eigenvalue weighted by atomic mass is 35.5. The number of thioether (sulfide) groups is 1. The van der Waals surface area contributed by atoms with Gasteiger partial charge >= 0.3 is 5.97 Å². The molecule has 2 aromatic rings. The Labute approximate surface area is 167 Å². The van der Waals surface area contributed by atoms with Crippen LogP contribution in [-0.4, -0.2) is 36.9 Å². The van der Waals surface area contributed by atoms with Gasteiger partial charge in [-0.1, -0.05) is 42.8 Å². The second-order valence-electron chi connectivity index (χ2n) is 6.11. The van der Waals surface area contributed by atoms with Crippen LogP contribution in [0.3, 0.4) is 0 Å². The Balaban J connectivity index is 1.56. The molecule has 1 heterocycles. The standard InChI is InChI=1S/C20H20ClNO4S/c1-14-10-11-22(16-7-3-5-9-18(16)27-14)19(23)12-26-20(24)13-25-17-8-4-2-6-15(17)21/h2-9,14H,10-13H2,1H3/t14-/m1/s1. The van der Waals surface area contributed by atoms with Crippen molar-refractivity contribution in [2.75, 3.05) is 24.7 Å². The Kier molecular flexibility index (Phi) is 6.63. The Morgan fingerprint density at radius 3 is 2.70 bits per heavy atom. The third-order valence-electron chi connectivity index (χ3n) is 4.08. The van der Waals surface area contributed by atoms with Crippen LogP contribution in [0.25, 0.3) is 0 Å². The van der Waals surface area contributed by atoms with Gasteiger partial charge in [-0.05, 0) is 30.7 Å². The van der Waals surface area contributed by atoms with Crippen molar-refractivity contribution in [2.24, 2.45) is 0 Å². The maximum atomic E-state index is 12.6. The number of ether oxygens (including phenoxy) is 2. The molecule has 7 heteroatoms.